The second-order valence-electron chi connectivity index (χ2n) is 3.39. The lowest BCUT2D eigenvalue weighted by atomic mass is 10.1. The van der Waals surface area contributed by atoms with Crippen LogP contribution in [0.3, 0.4) is 0 Å². The summed E-state index contributed by atoms with van der Waals surface area (Å²) in [5, 5.41) is 10.9. The van der Waals surface area contributed by atoms with Crippen molar-refractivity contribution in [2.45, 2.75) is 18.7 Å². The third kappa shape index (κ3) is 3.26. The monoisotopic (exact) mass is 301 g/mol. The molecule has 0 radical (unpaired) electrons. The van der Waals surface area contributed by atoms with Gasteiger partial charge in [-0.15, -0.1) is 0 Å². The number of carbonyl (C=O) groups excluding carboxylic acids is 1. The molecule has 0 saturated carbocycles. The van der Waals surface area contributed by atoms with Crippen LogP contribution < -0.4 is 4.74 Å². The number of hydrogen-bond donors (Lipinski definition) is 0. The van der Waals surface area contributed by atoms with Gasteiger partial charge in [0.2, 0.25) is 0 Å². The van der Waals surface area contributed by atoms with Gasteiger partial charge in [0.15, 0.2) is 5.75 Å². The Morgan fingerprint density at radius 2 is 2.24 bits per heavy atom. The van der Waals surface area contributed by atoms with Crippen LogP contribution in [0.1, 0.15) is 24.2 Å². The summed E-state index contributed by atoms with van der Waals surface area (Å²) in [4.78, 5) is 21.0. The van der Waals surface area contributed by atoms with E-state index in [2.05, 4.69) is 15.9 Å². The van der Waals surface area contributed by atoms with Crippen LogP contribution in [0.5, 0.6) is 5.75 Å². The van der Waals surface area contributed by atoms with Crippen LogP contribution in [0.2, 0.25) is 0 Å². The number of benzene rings is 1. The Morgan fingerprint density at radius 1 is 1.59 bits per heavy atom. The molecule has 0 aliphatic rings. The second kappa shape index (κ2) is 5.77. The van der Waals surface area contributed by atoms with Gasteiger partial charge in [0.25, 0.3) is 0 Å². The molecule has 0 amide bonds. The summed E-state index contributed by atoms with van der Waals surface area (Å²) in [6.07, 6.45) is 0. The normalized spacial score (nSPS) is 11.9. The van der Waals surface area contributed by atoms with E-state index >= 15 is 0 Å². The third-order valence-electron chi connectivity index (χ3n) is 2.13. The van der Waals surface area contributed by atoms with Gasteiger partial charge >= 0.3 is 5.69 Å². The van der Waals surface area contributed by atoms with E-state index in [1.807, 2.05) is 0 Å². The number of ether oxygens (including phenoxy) is 1. The number of carbonyl (C=O) groups is 1. The van der Waals surface area contributed by atoms with Crippen molar-refractivity contribution >= 4 is 27.4 Å². The van der Waals surface area contributed by atoms with Gasteiger partial charge < -0.3 is 4.74 Å². The summed E-state index contributed by atoms with van der Waals surface area (Å²) in [5.41, 5.74) is 0.419. The number of nitrogens with zero attached hydrogens (tertiary/aromatic N) is 1. The molecule has 0 fully saturated rings. The molecule has 0 saturated heterocycles. The minimum absolute atomic E-state index is 0.108. The zero-order valence-electron chi connectivity index (χ0n) is 9.47. The van der Waals surface area contributed by atoms with Crippen molar-refractivity contribution in [2.24, 2.45) is 0 Å². The second-order valence-corrected chi connectivity index (χ2v) is 4.31. The maximum absolute atomic E-state index is 11.2. The van der Waals surface area contributed by atoms with Crippen molar-refractivity contribution in [3.8, 4) is 5.75 Å². The lowest BCUT2D eigenvalue weighted by molar-refractivity contribution is -0.385. The molecular formula is C11H12BrNO4. The van der Waals surface area contributed by atoms with Gasteiger partial charge in [-0.05, 0) is 25.5 Å². The molecule has 0 aliphatic heterocycles. The molecular weight excluding hydrogens is 290 g/mol. The molecule has 92 valence electrons. The quantitative estimate of drug-likeness (QED) is 0.476. The van der Waals surface area contributed by atoms with Gasteiger partial charge in [-0.1, -0.05) is 22.0 Å². The fraction of sp³-hybridized carbons (Fsp3) is 0.364. The van der Waals surface area contributed by atoms with E-state index in [4.69, 9.17) is 4.74 Å². The number of Topliss-reactive ketones (excluding diaryl/α,β-unsaturated/α-hetero) is 1. The van der Waals surface area contributed by atoms with E-state index in [1.165, 1.54) is 19.1 Å². The number of ketones is 1. The van der Waals surface area contributed by atoms with Crippen molar-refractivity contribution in [2.75, 3.05) is 6.61 Å². The SMILES string of the molecule is CCOc1ccc(C(Br)C(C)=O)cc1[N+](=O)[O-]. The van der Waals surface area contributed by atoms with E-state index in [9.17, 15) is 14.9 Å². The first kappa shape index (κ1) is 13.6. The number of hydrogen-bond acceptors (Lipinski definition) is 4. The van der Waals surface area contributed by atoms with Crippen LogP contribution in [0.15, 0.2) is 18.2 Å². The Morgan fingerprint density at radius 3 is 2.71 bits per heavy atom. The highest BCUT2D eigenvalue weighted by molar-refractivity contribution is 9.09. The Bertz CT molecular complexity index is 447. The van der Waals surface area contributed by atoms with Gasteiger partial charge in [-0.2, -0.15) is 0 Å². The summed E-state index contributed by atoms with van der Waals surface area (Å²) < 4.78 is 5.15. The molecule has 1 aromatic rings. The minimum Gasteiger partial charge on any atom is -0.487 e. The molecule has 0 aliphatic carbocycles. The summed E-state index contributed by atoms with van der Waals surface area (Å²) in [6.45, 7) is 3.52. The first-order valence-corrected chi connectivity index (χ1v) is 5.94. The molecule has 1 unspecified atom stereocenters. The van der Waals surface area contributed by atoms with E-state index < -0.39 is 9.75 Å². The largest absolute Gasteiger partial charge is 0.487 e. The molecule has 1 rings (SSSR count). The van der Waals surface area contributed by atoms with Gasteiger partial charge in [0.05, 0.1) is 16.4 Å². The van der Waals surface area contributed by atoms with E-state index in [0.717, 1.165) is 0 Å². The van der Waals surface area contributed by atoms with E-state index in [0.29, 0.717) is 12.2 Å². The predicted octanol–water partition coefficient (Wildman–Crippen LogP) is 3.02. The third-order valence-corrected chi connectivity index (χ3v) is 3.30. The standard InChI is InChI=1S/C11H12BrNO4/c1-3-17-10-5-4-8(11(12)7(2)14)6-9(10)13(15)16/h4-6,11H,3H2,1-2H3. The van der Waals surface area contributed by atoms with Crippen molar-refractivity contribution in [1.29, 1.82) is 0 Å². The van der Waals surface area contributed by atoms with Crippen LogP contribution in [0.4, 0.5) is 5.69 Å². The fourth-order valence-corrected chi connectivity index (χ4v) is 1.63. The van der Waals surface area contributed by atoms with Crippen molar-refractivity contribution in [1.82, 2.24) is 0 Å². The molecule has 6 heteroatoms. The molecule has 17 heavy (non-hydrogen) atoms. The van der Waals surface area contributed by atoms with Crippen LogP contribution in [-0.4, -0.2) is 17.3 Å². The Hall–Kier alpha value is -1.43. The first-order chi connectivity index (χ1) is 7.97. The molecule has 5 nitrogen and oxygen atoms in total. The summed E-state index contributed by atoms with van der Waals surface area (Å²) in [7, 11) is 0. The molecule has 0 bridgehead atoms. The van der Waals surface area contributed by atoms with Crippen LogP contribution in [0.25, 0.3) is 0 Å². The summed E-state index contributed by atoms with van der Waals surface area (Å²) in [5.74, 6) is 0.105. The molecule has 0 N–H and O–H groups in total. The Kier molecular flexibility index (Phi) is 4.62. The highest BCUT2D eigenvalue weighted by Gasteiger charge is 2.20. The maximum atomic E-state index is 11.2. The lowest BCUT2D eigenvalue weighted by Gasteiger charge is -2.09. The average molecular weight is 302 g/mol. The Balaban J connectivity index is 3.18. The number of nitro benzene ring substituents is 1. The highest BCUT2D eigenvalue weighted by Crippen LogP contribution is 2.33. The molecule has 1 aromatic carbocycles. The predicted molar refractivity (Wildman–Crippen MR) is 66.6 cm³/mol. The molecule has 0 heterocycles. The fourth-order valence-electron chi connectivity index (χ4n) is 1.35. The van der Waals surface area contributed by atoms with Gasteiger partial charge in [0.1, 0.15) is 5.78 Å². The summed E-state index contributed by atoms with van der Waals surface area (Å²) >= 11 is 3.18. The van der Waals surface area contributed by atoms with Crippen molar-refractivity contribution in [3.05, 3.63) is 33.9 Å². The van der Waals surface area contributed by atoms with Gasteiger partial charge in [-0.25, -0.2) is 0 Å². The molecule has 1 atom stereocenters. The summed E-state index contributed by atoms with van der Waals surface area (Å²) in [6, 6.07) is 4.50. The zero-order valence-corrected chi connectivity index (χ0v) is 11.1. The minimum atomic E-state index is -0.531. The van der Waals surface area contributed by atoms with E-state index in [1.54, 1.807) is 13.0 Å². The maximum Gasteiger partial charge on any atom is 0.311 e. The lowest BCUT2D eigenvalue weighted by Crippen LogP contribution is -2.03. The Labute approximate surface area is 107 Å². The molecule has 0 spiro atoms. The van der Waals surface area contributed by atoms with Crippen LogP contribution >= 0.6 is 15.9 Å². The number of halogens is 1. The number of rotatable bonds is 5. The number of nitro groups is 1. The van der Waals surface area contributed by atoms with Crippen molar-refractivity contribution in [3.63, 3.8) is 0 Å². The average Bonchev–Trinajstić information content (AvgIpc) is 2.28. The smallest absolute Gasteiger partial charge is 0.311 e. The van der Waals surface area contributed by atoms with Crippen LogP contribution in [0, 0.1) is 10.1 Å². The van der Waals surface area contributed by atoms with Gasteiger partial charge in [0, 0.05) is 6.07 Å². The molecule has 0 aromatic heterocycles. The zero-order chi connectivity index (χ0) is 13.0. The van der Waals surface area contributed by atoms with E-state index in [-0.39, 0.29) is 17.2 Å². The number of alkyl halides is 1. The topological polar surface area (TPSA) is 69.4 Å². The highest BCUT2D eigenvalue weighted by atomic mass is 79.9. The van der Waals surface area contributed by atoms with Crippen LogP contribution in [-0.2, 0) is 4.79 Å². The van der Waals surface area contributed by atoms with Crippen molar-refractivity contribution < 1.29 is 14.5 Å². The first-order valence-electron chi connectivity index (χ1n) is 5.03. The van der Waals surface area contributed by atoms with Gasteiger partial charge in [-0.3, -0.25) is 14.9 Å².